The largest absolute Gasteiger partial charge is 0.236 e. The molecule has 0 aromatic carbocycles. The van der Waals surface area contributed by atoms with Gasteiger partial charge in [0.1, 0.15) is 24.5 Å². The highest BCUT2D eigenvalue weighted by Crippen LogP contribution is 2.21. The smallest absolute Gasteiger partial charge is 0.152 e. The molecule has 114 valence electrons. The molecule has 0 saturated carbocycles. The first-order valence-corrected chi connectivity index (χ1v) is 10.7. The molecule has 0 saturated heterocycles. The molecule has 0 amide bonds. The lowest BCUT2D eigenvalue weighted by molar-refractivity contribution is -0.559. The van der Waals surface area contributed by atoms with E-state index in [-0.39, 0.29) is 0 Å². The zero-order valence-electron chi connectivity index (χ0n) is 13.1. The summed E-state index contributed by atoms with van der Waals surface area (Å²) in [7, 11) is 4.11. The van der Waals surface area contributed by atoms with Gasteiger partial charge in [0.25, 0.3) is 0 Å². The molecule has 4 heteroatoms. The summed E-state index contributed by atoms with van der Waals surface area (Å²) in [6, 6.07) is 1.52. The zero-order valence-corrected chi connectivity index (χ0v) is 14.7. The maximum atomic E-state index is 2.55. The van der Waals surface area contributed by atoms with Gasteiger partial charge in [0.05, 0.1) is 11.5 Å². The maximum Gasteiger partial charge on any atom is 0.152 e. The summed E-state index contributed by atoms with van der Waals surface area (Å²) in [4.78, 5) is 0. The third-order valence-electron chi connectivity index (χ3n) is 4.46. The van der Waals surface area contributed by atoms with Crippen LogP contribution in [0.15, 0.2) is 0 Å². The molecule has 2 atom stereocenters. The Hall–Kier alpha value is 0.0400. The van der Waals surface area contributed by atoms with Crippen LogP contribution in [0.2, 0.25) is 0 Å². The van der Waals surface area contributed by atoms with Crippen LogP contribution in [0.1, 0.15) is 52.4 Å². The summed E-state index contributed by atoms with van der Waals surface area (Å²) in [6.07, 6.45) is 12.9. The minimum atomic E-state index is 0.762. The van der Waals surface area contributed by atoms with Gasteiger partial charge in [0.15, 0.2) is 13.1 Å². The van der Waals surface area contributed by atoms with Crippen molar-refractivity contribution in [2.45, 2.75) is 64.5 Å². The fraction of sp³-hybridized carbons (Fsp3) is 0.875. The Morgan fingerprint density at radius 3 is 1.70 bits per heavy atom. The number of nitrogens with zero attached hydrogens (tertiary/aromatic N) is 2. The second-order valence-corrected chi connectivity index (χ2v) is 8.75. The molecule has 2 nitrogen and oxygen atoms in total. The van der Waals surface area contributed by atoms with E-state index in [0.717, 1.165) is 12.1 Å². The molecule has 2 aliphatic heterocycles. The van der Waals surface area contributed by atoms with Gasteiger partial charge in [0.2, 0.25) is 0 Å². The normalized spacial score (nSPS) is 27.1. The molecule has 0 fully saturated rings. The van der Waals surface area contributed by atoms with Gasteiger partial charge in [-0.25, -0.2) is 9.15 Å². The number of rotatable bonds is 7. The monoisotopic (exact) mass is 314 g/mol. The van der Waals surface area contributed by atoms with Crippen molar-refractivity contribution in [3.8, 4) is 0 Å². The van der Waals surface area contributed by atoms with Gasteiger partial charge in [-0.05, 0) is 26.7 Å². The first-order valence-electron chi connectivity index (χ1n) is 8.20. The summed E-state index contributed by atoms with van der Waals surface area (Å²) in [6.45, 7) is 7.18. The van der Waals surface area contributed by atoms with Crippen molar-refractivity contribution in [3.05, 3.63) is 0 Å². The topological polar surface area (TPSA) is 6.02 Å². The molecule has 0 aromatic heterocycles. The van der Waals surface area contributed by atoms with Gasteiger partial charge in [-0.3, -0.25) is 0 Å². The molecule has 20 heavy (non-hydrogen) atoms. The van der Waals surface area contributed by atoms with Gasteiger partial charge in [-0.2, -0.15) is 0 Å². The minimum Gasteiger partial charge on any atom is -0.236 e. The van der Waals surface area contributed by atoms with Crippen LogP contribution >= 0.6 is 21.6 Å². The second-order valence-electron chi connectivity index (χ2n) is 6.04. The van der Waals surface area contributed by atoms with E-state index in [1.165, 1.54) is 63.1 Å². The Kier molecular flexibility index (Phi) is 7.50. The molecular formula is C16H30N2S2+2. The summed E-state index contributed by atoms with van der Waals surface area (Å²) in [5.74, 6) is 2.51. The minimum absolute atomic E-state index is 0.762. The van der Waals surface area contributed by atoms with Crippen LogP contribution in [0.25, 0.3) is 0 Å². The first kappa shape index (κ1) is 16.4. The molecule has 2 unspecified atom stereocenters. The Labute approximate surface area is 132 Å². The number of hydrogen-bond acceptors (Lipinski definition) is 2. The van der Waals surface area contributed by atoms with Crippen molar-refractivity contribution >= 4 is 34.0 Å². The van der Waals surface area contributed by atoms with Crippen LogP contribution in [0.5, 0.6) is 0 Å². The van der Waals surface area contributed by atoms with E-state index >= 15 is 0 Å². The molecule has 0 radical (unpaired) electrons. The van der Waals surface area contributed by atoms with Crippen molar-refractivity contribution in [1.29, 1.82) is 0 Å². The van der Waals surface area contributed by atoms with Crippen molar-refractivity contribution in [1.82, 2.24) is 0 Å². The van der Waals surface area contributed by atoms with E-state index in [0.29, 0.717) is 0 Å². The average Bonchev–Trinajstić information content (AvgIpc) is 2.46. The molecule has 0 bridgehead atoms. The highest BCUT2D eigenvalue weighted by Gasteiger charge is 2.19. The summed E-state index contributed by atoms with van der Waals surface area (Å²) >= 11 is 0. The Morgan fingerprint density at radius 2 is 1.30 bits per heavy atom. The summed E-state index contributed by atoms with van der Waals surface area (Å²) in [5, 5.41) is 0. The van der Waals surface area contributed by atoms with Crippen molar-refractivity contribution in [3.63, 3.8) is 0 Å². The van der Waals surface area contributed by atoms with Crippen LogP contribution in [-0.4, -0.2) is 58.3 Å². The summed E-state index contributed by atoms with van der Waals surface area (Å²) in [5.41, 5.74) is 0. The van der Waals surface area contributed by atoms with Gasteiger partial charge in [-0.15, -0.1) is 0 Å². The molecule has 0 spiro atoms. The fourth-order valence-electron chi connectivity index (χ4n) is 3.06. The molecule has 0 N–H and O–H groups in total. The zero-order chi connectivity index (χ0) is 14.2. The molecular weight excluding hydrogens is 284 g/mol. The first-order chi connectivity index (χ1) is 9.77. The van der Waals surface area contributed by atoms with Crippen LogP contribution in [0.4, 0.5) is 0 Å². The Bertz CT molecular complexity index is 318. The van der Waals surface area contributed by atoms with E-state index in [4.69, 9.17) is 0 Å². The van der Waals surface area contributed by atoms with E-state index in [9.17, 15) is 0 Å². The van der Waals surface area contributed by atoms with E-state index in [1.807, 2.05) is 0 Å². The average molecular weight is 315 g/mol. The predicted octanol–water partition coefficient (Wildman–Crippen LogP) is 3.68. The highest BCUT2D eigenvalue weighted by molar-refractivity contribution is 8.76. The molecule has 2 heterocycles. The molecule has 0 aromatic rings. The van der Waals surface area contributed by atoms with Crippen molar-refractivity contribution in [2.24, 2.45) is 0 Å². The van der Waals surface area contributed by atoms with Gasteiger partial charge < -0.3 is 0 Å². The van der Waals surface area contributed by atoms with Gasteiger partial charge >= 0.3 is 0 Å². The molecule has 0 aliphatic carbocycles. The fourth-order valence-corrected chi connectivity index (χ4v) is 5.02. The predicted molar refractivity (Wildman–Crippen MR) is 93.9 cm³/mol. The van der Waals surface area contributed by atoms with Crippen molar-refractivity contribution in [2.75, 3.05) is 24.6 Å². The Morgan fingerprint density at radius 1 is 0.850 bits per heavy atom. The lowest BCUT2D eigenvalue weighted by Crippen LogP contribution is -2.30. The molecule has 2 rings (SSSR count). The quantitative estimate of drug-likeness (QED) is 0.402. The van der Waals surface area contributed by atoms with Crippen LogP contribution in [-0.2, 0) is 0 Å². The SMILES string of the molecule is CC1CCCC=[N+]1CCSSCC[N+]1=CCCCC1C. The second kappa shape index (κ2) is 9.14. The summed E-state index contributed by atoms with van der Waals surface area (Å²) < 4.78 is 5.11. The lowest BCUT2D eigenvalue weighted by Gasteiger charge is -2.16. The van der Waals surface area contributed by atoms with E-state index in [1.54, 1.807) is 0 Å². The number of hydrogen-bond donors (Lipinski definition) is 0. The van der Waals surface area contributed by atoms with Crippen LogP contribution < -0.4 is 0 Å². The van der Waals surface area contributed by atoms with Crippen LogP contribution in [0, 0.1) is 0 Å². The standard InChI is InChI=1S/C16H30N2S2/c1-15-7-3-5-9-17(15)11-13-19-20-14-12-18-10-6-4-8-16(18)2/h9-10,15-16H,3-8,11-14H2,1-2H3/q+2. The van der Waals surface area contributed by atoms with Gasteiger partial charge in [-0.1, -0.05) is 21.6 Å². The van der Waals surface area contributed by atoms with E-state index < -0.39 is 0 Å². The molecule has 2 aliphatic rings. The highest BCUT2D eigenvalue weighted by atomic mass is 33.1. The van der Waals surface area contributed by atoms with Crippen molar-refractivity contribution < 1.29 is 9.15 Å². The van der Waals surface area contributed by atoms with Crippen LogP contribution in [0.3, 0.4) is 0 Å². The third kappa shape index (κ3) is 5.44. The maximum absolute atomic E-state index is 2.55. The van der Waals surface area contributed by atoms with Gasteiger partial charge in [0, 0.05) is 25.7 Å². The Balaban J connectivity index is 1.53. The lowest BCUT2D eigenvalue weighted by atomic mass is 10.1. The van der Waals surface area contributed by atoms with E-state index in [2.05, 4.69) is 57.0 Å². The third-order valence-corrected chi connectivity index (χ3v) is 6.83.